The highest BCUT2D eigenvalue weighted by atomic mass is 35.5. The van der Waals surface area contributed by atoms with Crippen molar-refractivity contribution in [2.24, 2.45) is 0 Å². The highest BCUT2D eigenvalue weighted by Gasteiger charge is 2.15. The molecular formula is C15H14ClN5O2. The first-order valence-corrected chi connectivity index (χ1v) is 7.29. The van der Waals surface area contributed by atoms with Gasteiger partial charge in [0.15, 0.2) is 5.65 Å². The van der Waals surface area contributed by atoms with E-state index in [2.05, 4.69) is 20.7 Å². The number of hydrogen-bond acceptors (Lipinski definition) is 4. The van der Waals surface area contributed by atoms with E-state index in [0.29, 0.717) is 10.7 Å². The van der Waals surface area contributed by atoms with Gasteiger partial charge in [-0.25, -0.2) is 9.31 Å². The Hall–Kier alpha value is -2.64. The first kappa shape index (κ1) is 15.3. The maximum Gasteiger partial charge on any atom is 0.322 e. The number of pyridine rings is 1. The fourth-order valence-electron chi connectivity index (χ4n) is 2.13. The average molecular weight is 332 g/mol. The molecule has 0 saturated carbocycles. The van der Waals surface area contributed by atoms with Gasteiger partial charge < -0.3 is 10.4 Å². The lowest BCUT2D eigenvalue weighted by Crippen LogP contribution is -2.34. The van der Waals surface area contributed by atoms with Crippen LogP contribution in [0.25, 0.3) is 5.65 Å². The van der Waals surface area contributed by atoms with E-state index < -0.39 is 12.1 Å². The Balaban J connectivity index is 1.70. The van der Waals surface area contributed by atoms with E-state index in [0.717, 1.165) is 5.56 Å². The lowest BCUT2D eigenvalue weighted by atomic mass is 10.1. The van der Waals surface area contributed by atoms with Gasteiger partial charge in [-0.05, 0) is 17.7 Å². The van der Waals surface area contributed by atoms with Crippen molar-refractivity contribution in [1.29, 1.82) is 0 Å². The summed E-state index contributed by atoms with van der Waals surface area (Å²) in [6.07, 6.45) is 1.59. The topological polar surface area (TPSA) is 91.6 Å². The van der Waals surface area contributed by atoms with Crippen LogP contribution in [0.1, 0.15) is 11.6 Å². The molecule has 3 N–H and O–H groups in total. The van der Waals surface area contributed by atoms with Crippen molar-refractivity contribution in [2.45, 2.75) is 6.04 Å². The molecule has 2 heterocycles. The maximum absolute atomic E-state index is 12.1. The third-order valence-corrected chi connectivity index (χ3v) is 3.43. The molecule has 0 spiro atoms. The van der Waals surface area contributed by atoms with Crippen molar-refractivity contribution < 1.29 is 9.90 Å². The van der Waals surface area contributed by atoms with E-state index in [1.54, 1.807) is 18.3 Å². The first-order chi connectivity index (χ1) is 11.2. The molecule has 118 valence electrons. The molecule has 2 aromatic heterocycles. The minimum absolute atomic E-state index is 0.148. The molecule has 1 atom stereocenters. The number of carbonyl (C=O) groups excluding carboxylic acids is 1. The second-order valence-electron chi connectivity index (χ2n) is 4.83. The number of halogens is 1. The zero-order valence-corrected chi connectivity index (χ0v) is 12.7. The number of hydrogen-bond donors (Lipinski definition) is 3. The fraction of sp³-hybridized carbons (Fsp3) is 0.133. The minimum atomic E-state index is -0.511. The predicted molar refractivity (Wildman–Crippen MR) is 86.4 cm³/mol. The molecule has 0 unspecified atom stereocenters. The molecule has 7 nitrogen and oxygen atoms in total. The molecule has 0 aliphatic heterocycles. The number of aliphatic hydroxyl groups excluding tert-OH is 1. The van der Waals surface area contributed by atoms with E-state index in [1.165, 1.54) is 4.52 Å². The summed E-state index contributed by atoms with van der Waals surface area (Å²) in [6, 6.07) is 11.6. The molecule has 23 heavy (non-hydrogen) atoms. The number of nitrogens with one attached hydrogen (secondary N) is 2. The Kier molecular flexibility index (Phi) is 4.40. The molecule has 3 rings (SSSR count). The summed E-state index contributed by atoms with van der Waals surface area (Å²) in [5.41, 5.74) is 1.37. The van der Waals surface area contributed by atoms with Crippen molar-refractivity contribution in [3.8, 4) is 0 Å². The van der Waals surface area contributed by atoms with E-state index in [9.17, 15) is 9.90 Å². The zero-order valence-electron chi connectivity index (χ0n) is 12.0. The average Bonchev–Trinajstić information content (AvgIpc) is 2.94. The summed E-state index contributed by atoms with van der Waals surface area (Å²) in [7, 11) is 0. The fourth-order valence-corrected chi connectivity index (χ4v) is 2.28. The molecule has 0 saturated heterocycles. The molecule has 0 bridgehead atoms. The molecule has 0 aliphatic rings. The highest BCUT2D eigenvalue weighted by Crippen LogP contribution is 2.13. The lowest BCUT2D eigenvalue weighted by Gasteiger charge is -2.16. The normalized spacial score (nSPS) is 12.1. The smallest absolute Gasteiger partial charge is 0.322 e. The number of rotatable bonds is 4. The Morgan fingerprint density at radius 3 is 2.78 bits per heavy atom. The van der Waals surface area contributed by atoms with Crippen LogP contribution in [0.2, 0.25) is 5.02 Å². The predicted octanol–water partition coefficient (Wildman–Crippen LogP) is 2.24. The van der Waals surface area contributed by atoms with Crippen LogP contribution >= 0.6 is 11.6 Å². The van der Waals surface area contributed by atoms with Crippen molar-refractivity contribution in [3.63, 3.8) is 0 Å². The lowest BCUT2D eigenvalue weighted by molar-refractivity contribution is 0.225. The monoisotopic (exact) mass is 331 g/mol. The van der Waals surface area contributed by atoms with Gasteiger partial charge in [-0.3, -0.25) is 5.32 Å². The second kappa shape index (κ2) is 6.64. The third kappa shape index (κ3) is 3.58. The largest absolute Gasteiger partial charge is 0.394 e. The van der Waals surface area contributed by atoms with Gasteiger partial charge in [-0.1, -0.05) is 41.9 Å². The number of fused-ring (bicyclic) bond motifs is 1. The molecule has 0 radical (unpaired) electrons. The summed E-state index contributed by atoms with van der Waals surface area (Å²) in [6.45, 7) is -0.217. The number of aromatic nitrogens is 3. The Labute approximate surface area is 136 Å². The standard InChI is InChI=1S/C15H14ClN5O2/c16-11-6-7-13-18-14(20-21(13)8-11)19-15(23)17-12(9-22)10-4-2-1-3-5-10/h1-8,12,22H,9H2,(H2,17,19,20,23)/t12-/m0/s1. The van der Waals surface area contributed by atoms with Crippen LogP contribution in [0.3, 0.4) is 0 Å². The molecule has 3 aromatic rings. The van der Waals surface area contributed by atoms with Crippen molar-refractivity contribution in [3.05, 3.63) is 59.2 Å². The minimum Gasteiger partial charge on any atom is -0.394 e. The van der Waals surface area contributed by atoms with E-state index >= 15 is 0 Å². The van der Waals surface area contributed by atoms with Gasteiger partial charge in [-0.15, -0.1) is 5.10 Å². The van der Waals surface area contributed by atoms with Crippen molar-refractivity contribution in [1.82, 2.24) is 19.9 Å². The molecule has 8 heteroatoms. The number of amides is 2. The van der Waals surface area contributed by atoms with Crippen LogP contribution in [0.15, 0.2) is 48.7 Å². The van der Waals surface area contributed by atoms with Gasteiger partial charge in [0.2, 0.25) is 0 Å². The SMILES string of the molecule is O=C(Nc1nc2ccc(Cl)cn2n1)N[C@@H](CO)c1ccccc1. The van der Waals surface area contributed by atoms with Gasteiger partial charge in [0.25, 0.3) is 5.95 Å². The molecule has 0 fully saturated rings. The Morgan fingerprint density at radius 2 is 2.04 bits per heavy atom. The first-order valence-electron chi connectivity index (χ1n) is 6.91. The zero-order chi connectivity index (χ0) is 16.2. The Morgan fingerprint density at radius 1 is 1.26 bits per heavy atom. The number of nitrogens with zero attached hydrogens (tertiary/aromatic N) is 3. The highest BCUT2D eigenvalue weighted by molar-refractivity contribution is 6.30. The third-order valence-electron chi connectivity index (χ3n) is 3.21. The number of urea groups is 1. The van der Waals surface area contributed by atoms with Crippen LogP contribution in [0.5, 0.6) is 0 Å². The van der Waals surface area contributed by atoms with Gasteiger partial charge in [0.1, 0.15) is 0 Å². The summed E-state index contributed by atoms with van der Waals surface area (Å²) < 4.78 is 1.47. The molecular weight excluding hydrogens is 318 g/mol. The summed E-state index contributed by atoms with van der Waals surface area (Å²) in [5.74, 6) is 0.148. The number of benzene rings is 1. The molecule has 0 aliphatic carbocycles. The Bertz CT molecular complexity index is 821. The van der Waals surface area contributed by atoms with Crippen molar-refractivity contribution in [2.75, 3.05) is 11.9 Å². The number of carbonyl (C=O) groups is 1. The van der Waals surface area contributed by atoms with Gasteiger partial charge in [0, 0.05) is 6.20 Å². The number of anilines is 1. The van der Waals surface area contributed by atoms with Crippen molar-refractivity contribution >= 4 is 29.2 Å². The molecule has 2 amide bonds. The number of aliphatic hydroxyl groups is 1. The van der Waals surface area contributed by atoms with Crippen LogP contribution in [-0.4, -0.2) is 32.3 Å². The van der Waals surface area contributed by atoms with E-state index in [1.807, 2.05) is 30.3 Å². The summed E-state index contributed by atoms with van der Waals surface area (Å²) in [5, 5.41) is 19.3. The van der Waals surface area contributed by atoms with Gasteiger partial charge >= 0.3 is 6.03 Å². The second-order valence-corrected chi connectivity index (χ2v) is 5.27. The van der Waals surface area contributed by atoms with Gasteiger partial charge in [0.05, 0.1) is 17.7 Å². The molecule has 1 aromatic carbocycles. The van der Waals surface area contributed by atoms with Crippen LogP contribution in [-0.2, 0) is 0 Å². The maximum atomic E-state index is 12.1. The van der Waals surface area contributed by atoms with Crippen LogP contribution < -0.4 is 10.6 Å². The summed E-state index contributed by atoms with van der Waals surface area (Å²) >= 11 is 5.87. The van der Waals surface area contributed by atoms with Gasteiger partial charge in [-0.2, -0.15) is 4.98 Å². The van der Waals surface area contributed by atoms with Crippen LogP contribution in [0.4, 0.5) is 10.7 Å². The van der Waals surface area contributed by atoms with Crippen LogP contribution in [0, 0.1) is 0 Å². The quantitative estimate of drug-likeness (QED) is 0.683. The van der Waals surface area contributed by atoms with E-state index in [4.69, 9.17) is 11.6 Å². The van der Waals surface area contributed by atoms with E-state index in [-0.39, 0.29) is 12.6 Å². The summed E-state index contributed by atoms with van der Waals surface area (Å²) in [4.78, 5) is 16.2.